The van der Waals surface area contributed by atoms with Crippen molar-refractivity contribution in [2.45, 2.75) is 51.5 Å². The van der Waals surface area contributed by atoms with E-state index in [1.165, 1.54) is 0 Å². The van der Waals surface area contributed by atoms with Crippen molar-refractivity contribution >= 4 is 16.9 Å². The summed E-state index contributed by atoms with van der Waals surface area (Å²) >= 11 is 0. The van der Waals surface area contributed by atoms with Crippen LogP contribution in [0.25, 0.3) is 22.3 Å². The van der Waals surface area contributed by atoms with Crippen LogP contribution in [0.5, 0.6) is 0 Å². The maximum absolute atomic E-state index is 13.3. The minimum absolute atomic E-state index is 0.117. The summed E-state index contributed by atoms with van der Waals surface area (Å²) < 4.78 is 6.78. The Hall–Kier alpha value is -3.03. The summed E-state index contributed by atoms with van der Waals surface area (Å²) in [6, 6.07) is 9.36. The molecule has 3 N–H and O–H groups in total. The normalized spacial score (nSPS) is 20.5. The van der Waals surface area contributed by atoms with Gasteiger partial charge in [-0.25, -0.2) is 9.78 Å². The molecule has 4 heterocycles. The highest BCUT2D eigenvalue weighted by atomic mass is 16.6. The van der Waals surface area contributed by atoms with Gasteiger partial charge in [0.05, 0.1) is 29.0 Å². The first-order valence-corrected chi connectivity index (χ1v) is 10.2. The summed E-state index contributed by atoms with van der Waals surface area (Å²) in [7, 11) is 0. The average molecular weight is 405 g/mol. The van der Waals surface area contributed by atoms with Crippen molar-refractivity contribution in [1.29, 1.82) is 0 Å². The van der Waals surface area contributed by atoms with Gasteiger partial charge in [0, 0.05) is 22.6 Å². The lowest BCUT2D eigenvalue weighted by Crippen LogP contribution is -2.44. The molecule has 0 aliphatic carbocycles. The Kier molecular flexibility index (Phi) is 4.10. The van der Waals surface area contributed by atoms with Crippen LogP contribution in [-0.4, -0.2) is 20.6 Å². The number of para-hydroxylation sites is 1. The molecule has 7 heteroatoms. The highest BCUT2D eigenvalue weighted by Crippen LogP contribution is 2.41. The van der Waals surface area contributed by atoms with Crippen molar-refractivity contribution in [2.75, 3.05) is 0 Å². The lowest BCUT2D eigenvalue weighted by molar-refractivity contribution is -0.172. The van der Waals surface area contributed by atoms with E-state index >= 15 is 0 Å². The van der Waals surface area contributed by atoms with E-state index in [-0.39, 0.29) is 24.6 Å². The molecule has 3 aromatic rings. The second kappa shape index (κ2) is 6.48. The van der Waals surface area contributed by atoms with Crippen LogP contribution in [0.2, 0.25) is 0 Å². The molecule has 0 radical (unpaired) electrons. The molecule has 2 aliphatic rings. The second-order valence-corrected chi connectivity index (χ2v) is 7.99. The number of hydrogen-bond donors (Lipinski definition) is 2. The molecule has 1 aromatic carbocycles. The molecule has 2 aromatic heterocycles. The number of esters is 1. The van der Waals surface area contributed by atoms with Crippen LogP contribution in [0, 0.1) is 0 Å². The maximum atomic E-state index is 13.3. The number of cyclic esters (lactones) is 1. The molecule has 0 spiro atoms. The summed E-state index contributed by atoms with van der Waals surface area (Å²) in [5, 5.41) is 12.0. The van der Waals surface area contributed by atoms with E-state index in [1.54, 1.807) is 17.6 Å². The summed E-state index contributed by atoms with van der Waals surface area (Å²) in [6.45, 7) is 3.95. The molecular weight excluding hydrogens is 382 g/mol. The zero-order valence-electron chi connectivity index (χ0n) is 16.9. The minimum Gasteiger partial charge on any atom is -0.458 e. The monoisotopic (exact) mass is 405 g/mol. The maximum Gasteiger partial charge on any atom is 0.343 e. The van der Waals surface area contributed by atoms with Gasteiger partial charge in [-0.1, -0.05) is 32.0 Å². The Bertz CT molecular complexity index is 1280. The van der Waals surface area contributed by atoms with Crippen molar-refractivity contribution in [1.82, 2.24) is 9.55 Å². The van der Waals surface area contributed by atoms with Gasteiger partial charge in [0.25, 0.3) is 5.56 Å². The molecule has 0 saturated carbocycles. The van der Waals surface area contributed by atoms with Gasteiger partial charge < -0.3 is 20.1 Å². The third kappa shape index (κ3) is 2.36. The van der Waals surface area contributed by atoms with Crippen LogP contribution in [-0.2, 0) is 28.3 Å². The van der Waals surface area contributed by atoms with E-state index in [2.05, 4.69) is 0 Å². The fourth-order valence-electron chi connectivity index (χ4n) is 4.69. The van der Waals surface area contributed by atoms with E-state index in [4.69, 9.17) is 15.5 Å². The first kappa shape index (κ1) is 19.0. The van der Waals surface area contributed by atoms with Gasteiger partial charge >= 0.3 is 5.97 Å². The fourth-order valence-corrected chi connectivity index (χ4v) is 4.69. The lowest BCUT2D eigenvalue weighted by Gasteiger charge is -2.31. The van der Waals surface area contributed by atoms with Gasteiger partial charge in [0.2, 0.25) is 0 Å². The molecule has 30 heavy (non-hydrogen) atoms. The Morgan fingerprint density at radius 2 is 2.03 bits per heavy atom. The predicted molar refractivity (Wildman–Crippen MR) is 112 cm³/mol. The number of rotatable bonds is 3. The van der Waals surface area contributed by atoms with E-state index in [0.717, 1.165) is 28.5 Å². The van der Waals surface area contributed by atoms with Crippen molar-refractivity contribution in [3.63, 3.8) is 0 Å². The lowest BCUT2D eigenvalue weighted by atomic mass is 9.86. The topological polar surface area (TPSA) is 107 Å². The molecule has 0 amide bonds. The van der Waals surface area contributed by atoms with E-state index in [0.29, 0.717) is 29.1 Å². The highest BCUT2D eigenvalue weighted by molar-refractivity contribution is 5.89. The minimum atomic E-state index is -1.83. The number of nitrogens with two attached hydrogens (primary N) is 1. The van der Waals surface area contributed by atoms with Crippen LogP contribution < -0.4 is 11.3 Å². The molecule has 154 valence electrons. The quantitative estimate of drug-likeness (QED) is 0.507. The van der Waals surface area contributed by atoms with E-state index in [9.17, 15) is 14.7 Å². The highest BCUT2D eigenvalue weighted by Gasteiger charge is 2.45. The third-order valence-corrected chi connectivity index (χ3v) is 6.45. The standard InChI is InChI=1S/C23H23N3O4/c1-3-16(24)19-12-7-5-6-8-17(12)25-20-13(19)10-26-18(20)9-15-14(21(26)27)11-30-22(28)23(15,29)4-2/h5-9,16,29H,3-4,10-11,24H2,1-2H3/t16?,23-/m0/s1. The average Bonchev–Trinajstić information content (AvgIpc) is 3.13. The molecule has 0 saturated heterocycles. The number of aliphatic hydroxyl groups is 1. The largest absolute Gasteiger partial charge is 0.458 e. The molecule has 5 rings (SSSR count). The number of ether oxygens (including phenoxy) is 1. The SMILES string of the molecule is CCC(N)c1c2c(nc3ccccc13)-c1cc3c(c(=O)n1C2)COC(=O)[C@]3(O)CC. The Balaban J connectivity index is 1.84. The van der Waals surface area contributed by atoms with Crippen molar-refractivity contribution in [3.05, 3.63) is 62.9 Å². The van der Waals surface area contributed by atoms with Gasteiger partial charge in [-0.15, -0.1) is 0 Å². The van der Waals surface area contributed by atoms with Crippen LogP contribution in [0.4, 0.5) is 0 Å². The molecule has 7 nitrogen and oxygen atoms in total. The fraction of sp³-hybridized carbons (Fsp3) is 0.348. The number of fused-ring (bicyclic) bond motifs is 5. The molecule has 0 fully saturated rings. The summed E-state index contributed by atoms with van der Waals surface area (Å²) in [5.74, 6) is -0.722. The number of hydrogen-bond acceptors (Lipinski definition) is 6. The number of pyridine rings is 2. The number of benzene rings is 1. The van der Waals surface area contributed by atoms with E-state index in [1.807, 2.05) is 31.2 Å². The molecule has 1 unspecified atom stereocenters. The molecule has 2 atom stereocenters. The number of nitrogens with zero attached hydrogens (tertiary/aromatic N) is 2. The number of carbonyl (C=O) groups excluding carboxylic acids is 1. The van der Waals surface area contributed by atoms with Gasteiger partial charge in [-0.3, -0.25) is 4.79 Å². The number of carbonyl (C=O) groups is 1. The van der Waals surface area contributed by atoms with Crippen molar-refractivity contribution in [3.8, 4) is 11.4 Å². The first-order chi connectivity index (χ1) is 14.4. The number of aromatic nitrogens is 2. The van der Waals surface area contributed by atoms with Gasteiger partial charge in [-0.2, -0.15) is 0 Å². The van der Waals surface area contributed by atoms with E-state index < -0.39 is 11.6 Å². The van der Waals surface area contributed by atoms with Crippen molar-refractivity contribution in [2.24, 2.45) is 5.73 Å². The van der Waals surface area contributed by atoms with Gasteiger partial charge in [0.15, 0.2) is 5.60 Å². The Morgan fingerprint density at radius 3 is 2.77 bits per heavy atom. The third-order valence-electron chi connectivity index (χ3n) is 6.45. The van der Waals surface area contributed by atoms with Gasteiger partial charge in [-0.05, 0) is 30.5 Å². The van der Waals surface area contributed by atoms with Gasteiger partial charge in [0.1, 0.15) is 6.61 Å². The Morgan fingerprint density at radius 1 is 1.27 bits per heavy atom. The smallest absolute Gasteiger partial charge is 0.343 e. The van der Waals surface area contributed by atoms with Crippen LogP contribution >= 0.6 is 0 Å². The second-order valence-electron chi connectivity index (χ2n) is 7.99. The molecular formula is C23H23N3O4. The van der Waals surface area contributed by atoms with Crippen LogP contribution in [0.1, 0.15) is 55.0 Å². The summed E-state index contributed by atoms with van der Waals surface area (Å²) in [5.41, 5.74) is 9.06. The first-order valence-electron chi connectivity index (χ1n) is 10.2. The zero-order valence-corrected chi connectivity index (χ0v) is 16.9. The predicted octanol–water partition coefficient (Wildman–Crippen LogP) is 2.49. The van der Waals surface area contributed by atoms with Crippen LogP contribution in [0.3, 0.4) is 0 Å². The van der Waals surface area contributed by atoms with Crippen LogP contribution in [0.15, 0.2) is 35.1 Å². The molecule has 2 aliphatic heterocycles. The molecule has 0 bridgehead atoms. The van der Waals surface area contributed by atoms with Crippen molar-refractivity contribution < 1.29 is 14.6 Å². The summed E-state index contributed by atoms with van der Waals surface area (Å²) in [4.78, 5) is 30.5. The zero-order chi connectivity index (χ0) is 21.2. The Labute approximate surface area is 173 Å². The summed E-state index contributed by atoms with van der Waals surface area (Å²) in [6.07, 6.45) is 0.867.